The van der Waals surface area contributed by atoms with Gasteiger partial charge in [-0.3, -0.25) is 0 Å². The van der Waals surface area contributed by atoms with E-state index in [0.717, 1.165) is 0 Å². The summed E-state index contributed by atoms with van der Waals surface area (Å²) >= 11 is 0. The highest BCUT2D eigenvalue weighted by Crippen LogP contribution is 2.29. The Balaban J connectivity index is 2.97. The lowest BCUT2D eigenvalue weighted by atomic mass is 9.89. The number of hydrogen-bond donors (Lipinski definition) is 2. The average molecular weight is 195 g/mol. The molecule has 0 bridgehead atoms. The van der Waals surface area contributed by atoms with Crippen LogP contribution in [0.2, 0.25) is 0 Å². The number of nitrogens with one attached hydrogen (secondary N) is 2. The zero-order valence-electron chi connectivity index (χ0n) is 9.76. The van der Waals surface area contributed by atoms with Gasteiger partial charge in [0.25, 0.3) is 0 Å². The molecule has 1 heterocycles. The SMILES string of the molecule is CNC(C)(C)C(c1cc[nH]c1)N(C)C. The van der Waals surface area contributed by atoms with Gasteiger partial charge in [-0.25, -0.2) is 0 Å². The zero-order chi connectivity index (χ0) is 10.8. The topological polar surface area (TPSA) is 31.1 Å². The molecule has 3 nitrogen and oxygen atoms in total. The highest BCUT2D eigenvalue weighted by Gasteiger charge is 2.30. The molecule has 0 saturated carbocycles. The minimum atomic E-state index is 0.0612. The van der Waals surface area contributed by atoms with Crippen molar-refractivity contribution in [3.05, 3.63) is 24.0 Å². The summed E-state index contributed by atoms with van der Waals surface area (Å²) in [7, 11) is 6.22. The van der Waals surface area contributed by atoms with E-state index in [1.54, 1.807) is 0 Å². The van der Waals surface area contributed by atoms with Gasteiger partial charge in [-0.15, -0.1) is 0 Å². The van der Waals surface area contributed by atoms with Gasteiger partial charge in [-0.1, -0.05) is 0 Å². The molecule has 14 heavy (non-hydrogen) atoms. The van der Waals surface area contributed by atoms with E-state index in [0.29, 0.717) is 6.04 Å². The quantitative estimate of drug-likeness (QED) is 0.765. The first kappa shape index (κ1) is 11.3. The molecule has 1 aromatic rings. The Morgan fingerprint density at radius 2 is 2.07 bits per heavy atom. The summed E-state index contributed by atoms with van der Waals surface area (Å²) in [5, 5.41) is 3.36. The monoisotopic (exact) mass is 195 g/mol. The maximum atomic E-state index is 3.36. The van der Waals surface area contributed by atoms with E-state index in [1.807, 2.05) is 13.2 Å². The number of aromatic nitrogens is 1. The summed E-state index contributed by atoms with van der Waals surface area (Å²) < 4.78 is 0. The van der Waals surface area contributed by atoms with Crippen LogP contribution in [0.25, 0.3) is 0 Å². The van der Waals surface area contributed by atoms with E-state index < -0.39 is 0 Å². The molecule has 1 unspecified atom stereocenters. The fraction of sp³-hybridized carbons (Fsp3) is 0.636. The van der Waals surface area contributed by atoms with Gasteiger partial charge in [-0.2, -0.15) is 0 Å². The molecular formula is C11H21N3. The van der Waals surface area contributed by atoms with Gasteiger partial charge in [0.1, 0.15) is 0 Å². The normalized spacial score (nSPS) is 14.7. The van der Waals surface area contributed by atoms with Crippen LogP contribution in [0.5, 0.6) is 0 Å². The largest absolute Gasteiger partial charge is 0.367 e. The second kappa shape index (κ2) is 4.15. The first-order chi connectivity index (χ1) is 6.49. The van der Waals surface area contributed by atoms with Gasteiger partial charge in [0.15, 0.2) is 0 Å². The molecule has 0 aliphatic carbocycles. The van der Waals surface area contributed by atoms with Crippen molar-refractivity contribution >= 4 is 0 Å². The van der Waals surface area contributed by atoms with Crippen molar-refractivity contribution in [2.45, 2.75) is 25.4 Å². The third-order valence-electron chi connectivity index (χ3n) is 2.78. The Hall–Kier alpha value is -0.800. The minimum absolute atomic E-state index is 0.0612. The summed E-state index contributed by atoms with van der Waals surface area (Å²) in [6, 6.07) is 2.50. The summed E-state index contributed by atoms with van der Waals surface area (Å²) in [4.78, 5) is 5.34. The molecule has 1 atom stereocenters. The van der Waals surface area contributed by atoms with Crippen LogP contribution in [-0.2, 0) is 0 Å². The van der Waals surface area contributed by atoms with Crippen molar-refractivity contribution in [1.82, 2.24) is 15.2 Å². The maximum absolute atomic E-state index is 3.36. The first-order valence-corrected chi connectivity index (χ1v) is 4.97. The number of hydrogen-bond acceptors (Lipinski definition) is 2. The van der Waals surface area contributed by atoms with E-state index in [9.17, 15) is 0 Å². The molecular weight excluding hydrogens is 174 g/mol. The van der Waals surface area contributed by atoms with Gasteiger partial charge in [0.2, 0.25) is 0 Å². The van der Waals surface area contributed by atoms with Gasteiger partial charge < -0.3 is 15.2 Å². The van der Waals surface area contributed by atoms with Gasteiger partial charge in [0.05, 0.1) is 6.04 Å². The summed E-state index contributed by atoms with van der Waals surface area (Å²) in [5.74, 6) is 0. The van der Waals surface area contributed by atoms with Crippen LogP contribution < -0.4 is 5.32 Å². The lowest BCUT2D eigenvalue weighted by molar-refractivity contribution is 0.178. The zero-order valence-corrected chi connectivity index (χ0v) is 9.76. The molecule has 3 heteroatoms. The van der Waals surface area contributed by atoms with Gasteiger partial charge >= 0.3 is 0 Å². The Morgan fingerprint density at radius 3 is 2.43 bits per heavy atom. The summed E-state index contributed by atoms with van der Waals surface area (Å²) in [6.45, 7) is 4.43. The molecule has 0 aliphatic rings. The fourth-order valence-electron chi connectivity index (χ4n) is 2.00. The Labute approximate surface area is 86.5 Å². The predicted molar refractivity (Wildman–Crippen MR) is 60.4 cm³/mol. The second-order valence-electron chi connectivity index (χ2n) is 4.48. The highest BCUT2D eigenvalue weighted by molar-refractivity contribution is 5.18. The van der Waals surface area contributed by atoms with E-state index >= 15 is 0 Å². The van der Waals surface area contributed by atoms with Crippen LogP contribution in [0, 0.1) is 0 Å². The molecule has 0 fully saturated rings. The van der Waals surface area contributed by atoms with Crippen LogP contribution >= 0.6 is 0 Å². The number of likely N-dealkylation sites (N-methyl/N-ethyl adjacent to an activating group) is 2. The van der Waals surface area contributed by atoms with Crippen LogP contribution in [-0.4, -0.2) is 36.6 Å². The van der Waals surface area contributed by atoms with Gasteiger partial charge in [0, 0.05) is 17.9 Å². The van der Waals surface area contributed by atoms with Crippen molar-refractivity contribution in [2.75, 3.05) is 21.1 Å². The van der Waals surface area contributed by atoms with Crippen molar-refractivity contribution in [3.63, 3.8) is 0 Å². The lowest BCUT2D eigenvalue weighted by Crippen LogP contribution is -2.47. The molecule has 1 aromatic heterocycles. The van der Waals surface area contributed by atoms with E-state index in [-0.39, 0.29) is 5.54 Å². The van der Waals surface area contributed by atoms with Crippen LogP contribution in [0.1, 0.15) is 25.5 Å². The van der Waals surface area contributed by atoms with Crippen LogP contribution in [0.4, 0.5) is 0 Å². The van der Waals surface area contributed by atoms with Crippen molar-refractivity contribution in [2.24, 2.45) is 0 Å². The first-order valence-electron chi connectivity index (χ1n) is 4.97. The molecule has 0 radical (unpaired) electrons. The van der Waals surface area contributed by atoms with E-state index in [4.69, 9.17) is 0 Å². The molecule has 0 aromatic carbocycles. The number of nitrogens with zero attached hydrogens (tertiary/aromatic N) is 1. The van der Waals surface area contributed by atoms with Gasteiger partial charge in [-0.05, 0) is 46.6 Å². The Morgan fingerprint density at radius 1 is 1.43 bits per heavy atom. The van der Waals surface area contributed by atoms with Crippen LogP contribution in [0.15, 0.2) is 18.5 Å². The van der Waals surface area contributed by atoms with E-state index in [2.05, 4.69) is 55.4 Å². The highest BCUT2D eigenvalue weighted by atomic mass is 15.2. The Kier molecular flexibility index (Phi) is 3.34. The number of H-pyrrole nitrogens is 1. The third kappa shape index (κ3) is 2.16. The van der Waals surface area contributed by atoms with Crippen molar-refractivity contribution < 1.29 is 0 Å². The summed E-state index contributed by atoms with van der Waals surface area (Å²) in [5.41, 5.74) is 1.38. The van der Waals surface area contributed by atoms with E-state index in [1.165, 1.54) is 5.56 Å². The Bertz CT molecular complexity index is 262. The minimum Gasteiger partial charge on any atom is -0.367 e. The maximum Gasteiger partial charge on any atom is 0.0534 e. The molecule has 0 aliphatic heterocycles. The third-order valence-corrected chi connectivity index (χ3v) is 2.78. The molecule has 2 N–H and O–H groups in total. The predicted octanol–water partition coefficient (Wildman–Crippen LogP) is 1.62. The van der Waals surface area contributed by atoms with Crippen molar-refractivity contribution in [1.29, 1.82) is 0 Å². The fourth-order valence-corrected chi connectivity index (χ4v) is 2.00. The van der Waals surface area contributed by atoms with Crippen molar-refractivity contribution in [3.8, 4) is 0 Å². The van der Waals surface area contributed by atoms with Crippen LogP contribution in [0.3, 0.4) is 0 Å². The standard InChI is InChI=1S/C11H21N3/c1-11(2,12-3)10(14(4)5)9-6-7-13-8-9/h6-8,10,12-13H,1-5H3. The molecule has 0 saturated heterocycles. The molecule has 0 spiro atoms. The lowest BCUT2D eigenvalue weighted by Gasteiger charge is -2.38. The second-order valence-corrected chi connectivity index (χ2v) is 4.48. The average Bonchev–Trinajstić information content (AvgIpc) is 2.56. The molecule has 1 rings (SSSR count). The smallest absolute Gasteiger partial charge is 0.0534 e. The number of rotatable bonds is 4. The molecule has 80 valence electrons. The number of aromatic amines is 1. The summed E-state index contributed by atoms with van der Waals surface area (Å²) in [6.07, 6.45) is 4.03. The molecule has 0 amide bonds.